The van der Waals surface area contributed by atoms with Crippen molar-refractivity contribution < 1.29 is 25.6 Å². The van der Waals surface area contributed by atoms with Crippen molar-refractivity contribution >= 4 is 25.5 Å². The maximum absolute atomic E-state index is 13.8. The number of anilines is 1. The minimum absolute atomic E-state index is 0.0249. The summed E-state index contributed by atoms with van der Waals surface area (Å²) in [6.45, 7) is 2.99. The zero-order valence-corrected chi connectivity index (χ0v) is 15.7. The maximum atomic E-state index is 13.8. The zero-order chi connectivity index (χ0) is 19.3. The fourth-order valence-electron chi connectivity index (χ4n) is 3.13. The van der Waals surface area contributed by atoms with Crippen LogP contribution in [0.3, 0.4) is 0 Å². The van der Waals surface area contributed by atoms with Gasteiger partial charge in [-0.05, 0) is 32.4 Å². The van der Waals surface area contributed by atoms with Gasteiger partial charge in [0.1, 0.15) is 16.5 Å². The van der Waals surface area contributed by atoms with Gasteiger partial charge in [-0.25, -0.2) is 25.6 Å². The Labute approximate surface area is 150 Å². The Morgan fingerprint density at radius 3 is 2.54 bits per heavy atom. The summed E-state index contributed by atoms with van der Waals surface area (Å²) >= 11 is 0. The first-order chi connectivity index (χ1) is 12.0. The molecule has 26 heavy (non-hydrogen) atoms. The van der Waals surface area contributed by atoms with Gasteiger partial charge in [-0.15, -0.1) is 0 Å². The third kappa shape index (κ3) is 3.45. The number of sulfonamides is 1. The van der Waals surface area contributed by atoms with Crippen molar-refractivity contribution in [3.8, 4) is 0 Å². The van der Waals surface area contributed by atoms with E-state index in [1.807, 2.05) is 0 Å². The molecule has 1 atom stereocenters. The summed E-state index contributed by atoms with van der Waals surface area (Å²) in [4.78, 5) is -0.148. The lowest BCUT2D eigenvalue weighted by Crippen LogP contribution is -2.17. The van der Waals surface area contributed by atoms with E-state index in [-0.39, 0.29) is 33.5 Å². The Kier molecular flexibility index (Phi) is 4.55. The van der Waals surface area contributed by atoms with Gasteiger partial charge in [0.25, 0.3) is 10.0 Å². The highest BCUT2D eigenvalue weighted by Gasteiger charge is 2.34. The topological polar surface area (TPSA) is 98.1 Å². The quantitative estimate of drug-likeness (QED) is 0.838. The summed E-state index contributed by atoms with van der Waals surface area (Å²) in [5.74, 6) is -1.95. The molecule has 1 unspecified atom stereocenters. The number of aromatic nitrogens is 2. The summed E-state index contributed by atoms with van der Waals surface area (Å²) in [6.07, 6.45) is 0.351. The molecule has 0 aliphatic carbocycles. The van der Waals surface area contributed by atoms with Gasteiger partial charge < -0.3 is 0 Å². The largest absolute Gasteiger partial charge is 0.277 e. The second kappa shape index (κ2) is 6.31. The fourth-order valence-corrected chi connectivity index (χ4v) is 6.29. The molecule has 1 fully saturated rings. The van der Waals surface area contributed by atoms with E-state index in [4.69, 9.17) is 0 Å². The van der Waals surface area contributed by atoms with Gasteiger partial charge in [0.15, 0.2) is 9.84 Å². The molecular formula is C15H17F2N3O4S2. The van der Waals surface area contributed by atoms with E-state index in [9.17, 15) is 25.6 Å². The number of halogens is 2. The van der Waals surface area contributed by atoms with Gasteiger partial charge in [0.2, 0.25) is 0 Å². The number of aryl methyl sites for hydroxylation is 1. The first kappa shape index (κ1) is 18.8. The van der Waals surface area contributed by atoms with Gasteiger partial charge in [0, 0.05) is 6.07 Å². The van der Waals surface area contributed by atoms with E-state index >= 15 is 0 Å². The molecule has 3 rings (SSSR count). The average Bonchev–Trinajstić information content (AvgIpc) is 3.01. The van der Waals surface area contributed by atoms with E-state index in [1.165, 1.54) is 18.5 Å². The van der Waals surface area contributed by atoms with E-state index < -0.39 is 37.5 Å². The summed E-state index contributed by atoms with van der Waals surface area (Å²) in [7, 11) is -7.36. The standard InChI is InChI=1S/C15H17F2N3O4S2/c1-9-15(10(2)20(18-9)12-5-6-25(21,22)8-12)26(23,24)19-14-4-3-11(16)7-13(14)17/h3-4,7,12,19H,5-6,8H2,1-2H3. The van der Waals surface area contributed by atoms with Crippen molar-refractivity contribution in [2.45, 2.75) is 31.2 Å². The Bertz CT molecular complexity index is 1080. The molecular weight excluding hydrogens is 388 g/mol. The van der Waals surface area contributed by atoms with Crippen molar-refractivity contribution in [1.82, 2.24) is 9.78 Å². The number of rotatable bonds is 4. The second-order valence-electron chi connectivity index (χ2n) is 6.23. The van der Waals surface area contributed by atoms with Crippen molar-refractivity contribution in [3.05, 3.63) is 41.2 Å². The van der Waals surface area contributed by atoms with Crippen LogP contribution in [0.4, 0.5) is 14.5 Å². The van der Waals surface area contributed by atoms with Gasteiger partial charge in [-0.2, -0.15) is 5.10 Å². The molecule has 142 valence electrons. The van der Waals surface area contributed by atoms with Gasteiger partial charge >= 0.3 is 0 Å². The van der Waals surface area contributed by atoms with Gasteiger partial charge in [-0.1, -0.05) is 0 Å². The van der Waals surface area contributed by atoms with Gasteiger partial charge in [-0.3, -0.25) is 9.40 Å². The molecule has 0 radical (unpaired) electrons. The predicted octanol–water partition coefficient (Wildman–Crippen LogP) is 1.94. The summed E-state index contributed by atoms with van der Waals surface area (Å²) in [5, 5.41) is 4.18. The lowest BCUT2D eigenvalue weighted by molar-refractivity contribution is 0.484. The number of sulfone groups is 1. The number of nitrogens with zero attached hydrogens (tertiary/aromatic N) is 2. The van der Waals surface area contributed by atoms with Crippen LogP contribution in [-0.2, 0) is 19.9 Å². The van der Waals surface area contributed by atoms with Crippen LogP contribution in [-0.4, -0.2) is 38.1 Å². The molecule has 2 aromatic rings. The average molecular weight is 405 g/mol. The first-order valence-electron chi connectivity index (χ1n) is 7.74. The van der Waals surface area contributed by atoms with Crippen molar-refractivity contribution in [3.63, 3.8) is 0 Å². The second-order valence-corrected chi connectivity index (χ2v) is 10.1. The lowest BCUT2D eigenvalue weighted by Gasteiger charge is -2.12. The van der Waals surface area contributed by atoms with E-state index in [0.717, 1.165) is 12.1 Å². The Morgan fingerprint density at radius 1 is 1.27 bits per heavy atom. The number of hydrogen-bond acceptors (Lipinski definition) is 5. The zero-order valence-electron chi connectivity index (χ0n) is 14.0. The molecule has 7 nitrogen and oxygen atoms in total. The lowest BCUT2D eigenvalue weighted by atomic mass is 10.2. The monoisotopic (exact) mass is 405 g/mol. The Hall–Kier alpha value is -2.01. The highest BCUT2D eigenvalue weighted by Crippen LogP contribution is 2.30. The number of benzene rings is 1. The Balaban J connectivity index is 1.98. The van der Waals surface area contributed by atoms with E-state index in [1.54, 1.807) is 0 Å². The first-order valence-corrected chi connectivity index (χ1v) is 11.0. The molecule has 1 aliphatic heterocycles. The fraction of sp³-hybridized carbons (Fsp3) is 0.400. The summed E-state index contributed by atoms with van der Waals surface area (Å²) < 4.78 is 79.0. The molecule has 1 saturated heterocycles. The van der Waals surface area contributed by atoms with Crippen LogP contribution in [0.5, 0.6) is 0 Å². The molecule has 1 N–H and O–H groups in total. The molecule has 0 spiro atoms. The minimum Gasteiger partial charge on any atom is -0.277 e. The number of hydrogen-bond donors (Lipinski definition) is 1. The third-order valence-corrected chi connectivity index (χ3v) is 7.62. The molecule has 1 aliphatic rings. The smallest absolute Gasteiger partial charge is 0.265 e. The summed E-state index contributed by atoms with van der Waals surface area (Å²) in [5.41, 5.74) is 0.0443. The number of nitrogens with one attached hydrogen (secondary N) is 1. The van der Waals surface area contributed by atoms with Crippen LogP contribution < -0.4 is 4.72 Å². The van der Waals surface area contributed by atoms with Crippen LogP contribution in [0, 0.1) is 25.5 Å². The third-order valence-electron chi connectivity index (χ3n) is 4.26. The van der Waals surface area contributed by atoms with Crippen molar-refractivity contribution in [1.29, 1.82) is 0 Å². The van der Waals surface area contributed by atoms with Gasteiger partial charge in [0.05, 0.1) is 34.6 Å². The molecule has 1 aromatic heterocycles. The highest BCUT2D eigenvalue weighted by molar-refractivity contribution is 7.92. The molecule has 11 heteroatoms. The molecule has 2 heterocycles. The maximum Gasteiger partial charge on any atom is 0.265 e. The molecule has 0 saturated carbocycles. The predicted molar refractivity (Wildman–Crippen MR) is 91.2 cm³/mol. The normalized spacial score (nSPS) is 19.6. The van der Waals surface area contributed by atoms with E-state index in [2.05, 4.69) is 9.82 Å². The molecule has 0 bridgehead atoms. The van der Waals surface area contributed by atoms with Crippen LogP contribution >= 0.6 is 0 Å². The van der Waals surface area contributed by atoms with Crippen molar-refractivity contribution in [2.75, 3.05) is 16.2 Å². The highest BCUT2D eigenvalue weighted by atomic mass is 32.2. The summed E-state index contributed by atoms with van der Waals surface area (Å²) in [6, 6.07) is 2.06. The SMILES string of the molecule is Cc1nn(C2CCS(=O)(=O)C2)c(C)c1S(=O)(=O)Nc1ccc(F)cc1F. The van der Waals surface area contributed by atoms with Crippen LogP contribution in [0.1, 0.15) is 23.9 Å². The van der Waals surface area contributed by atoms with Crippen LogP contribution in [0.15, 0.2) is 23.1 Å². The van der Waals surface area contributed by atoms with Crippen molar-refractivity contribution in [2.24, 2.45) is 0 Å². The van der Waals surface area contributed by atoms with Crippen LogP contribution in [0.2, 0.25) is 0 Å². The molecule has 0 amide bonds. The Morgan fingerprint density at radius 2 is 1.96 bits per heavy atom. The molecule has 1 aromatic carbocycles. The van der Waals surface area contributed by atoms with Crippen LogP contribution in [0.25, 0.3) is 0 Å². The minimum atomic E-state index is -4.19. The van der Waals surface area contributed by atoms with E-state index in [0.29, 0.717) is 12.5 Å².